The van der Waals surface area contributed by atoms with Gasteiger partial charge in [0.05, 0.1) is 0 Å². The van der Waals surface area contributed by atoms with Crippen LogP contribution in [0.5, 0.6) is 0 Å². The molecule has 0 spiro atoms. The molecule has 0 nitrogen and oxygen atoms in total. The number of hydrogen-bond acceptors (Lipinski definition) is 0. The van der Waals surface area contributed by atoms with Crippen molar-refractivity contribution in [3.8, 4) is 0 Å². The highest BCUT2D eigenvalue weighted by atomic mass is 14.7. The van der Waals surface area contributed by atoms with E-state index in [1.54, 1.807) is 0 Å². The highest BCUT2D eigenvalue weighted by molar-refractivity contribution is 5.13. The summed E-state index contributed by atoms with van der Waals surface area (Å²) in [4.78, 5) is 0. The molecule has 2 fully saturated rings. The van der Waals surface area contributed by atoms with Gasteiger partial charge in [0.15, 0.2) is 0 Å². The first-order valence-electron chi connectivity index (χ1n) is 4.91. The number of fused-ring (bicyclic) bond motifs is 1. The Balaban J connectivity index is 2.36. The summed E-state index contributed by atoms with van der Waals surface area (Å²) in [7, 11) is 0. The topological polar surface area (TPSA) is 0 Å². The summed E-state index contributed by atoms with van der Waals surface area (Å²) >= 11 is 0. The molecule has 0 N–H and O–H groups in total. The SMILES string of the molecule is CC1(C)CCC2(C)CCC12C. The molecule has 2 unspecified atom stereocenters. The highest BCUT2D eigenvalue weighted by Crippen LogP contribution is 2.73. The molecule has 0 aliphatic heterocycles. The van der Waals surface area contributed by atoms with Crippen molar-refractivity contribution in [1.29, 1.82) is 0 Å². The van der Waals surface area contributed by atoms with Gasteiger partial charge in [0, 0.05) is 0 Å². The average Bonchev–Trinajstić information content (AvgIpc) is 2.03. The zero-order valence-corrected chi connectivity index (χ0v) is 8.33. The van der Waals surface area contributed by atoms with Gasteiger partial charge in [-0.15, -0.1) is 0 Å². The quantitative estimate of drug-likeness (QED) is 0.497. The minimum absolute atomic E-state index is 0.611. The molecule has 0 amide bonds. The first kappa shape index (κ1) is 7.64. The molecule has 64 valence electrons. The zero-order valence-electron chi connectivity index (χ0n) is 8.33. The van der Waals surface area contributed by atoms with E-state index in [2.05, 4.69) is 27.7 Å². The van der Waals surface area contributed by atoms with E-state index in [-0.39, 0.29) is 0 Å². The molecular formula is C11H20. The van der Waals surface area contributed by atoms with E-state index < -0.39 is 0 Å². The lowest BCUT2D eigenvalue weighted by Crippen LogP contribution is -2.49. The Kier molecular flexibility index (Phi) is 1.16. The molecule has 0 bridgehead atoms. The lowest BCUT2D eigenvalue weighted by atomic mass is 9.47. The van der Waals surface area contributed by atoms with Crippen molar-refractivity contribution in [3.63, 3.8) is 0 Å². The molecule has 2 atom stereocenters. The van der Waals surface area contributed by atoms with Crippen LogP contribution in [0, 0.1) is 16.2 Å². The van der Waals surface area contributed by atoms with Gasteiger partial charge in [-0.2, -0.15) is 0 Å². The average molecular weight is 152 g/mol. The molecule has 11 heavy (non-hydrogen) atoms. The third-order valence-corrected chi connectivity index (χ3v) is 5.30. The Labute approximate surface area is 70.4 Å². The maximum atomic E-state index is 2.50. The first-order valence-corrected chi connectivity index (χ1v) is 4.91. The summed E-state index contributed by atoms with van der Waals surface area (Å²) in [5, 5.41) is 0. The Morgan fingerprint density at radius 3 is 1.45 bits per heavy atom. The Morgan fingerprint density at radius 2 is 1.27 bits per heavy atom. The smallest absolute Gasteiger partial charge is 0.0220 e. The van der Waals surface area contributed by atoms with Crippen LogP contribution in [0.15, 0.2) is 0 Å². The van der Waals surface area contributed by atoms with Crippen molar-refractivity contribution in [2.75, 3.05) is 0 Å². The van der Waals surface area contributed by atoms with Crippen LogP contribution in [-0.4, -0.2) is 0 Å². The van der Waals surface area contributed by atoms with E-state index in [4.69, 9.17) is 0 Å². The summed E-state index contributed by atoms with van der Waals surface area (Å²) in [5.41, 5.74) is 1.98. The Hall–Kier alpha value is 0. The molecule has 0 aromatic carbocycles. The minimum Gasteiger partial charge on any atom is -0.0594 e. The van der Waals surface area contributed by atoms with Crippen molar-refractivity contribution in [1.82, 2.24) is 0 Å². The summed E-state index contributed by atoms with van der Waals surface area (Å²) in [6, 6.07) is 0. The molecule has 2 rings (SSSR count). The minimum atomic E-state index is 0.611. The summed E-state index contributed by atoms with van der Waals surface area (Å²) in [5.74, 6) is 0. The lowest BCUT2D eigenvalue weighted by molar-refractivity contribution is -0.0829. The zero-order chi connectivity index (χ0) is 8.33. The van der Waals surface area contributed by atoms with Crippen LogP contribution in [0.2, 0.25) is 0 Å². The molecule has 0 radical (unpaired) electrons. The lowest BCUT2D eigenvalue weighted by Gasteiger charge is -2.58. The molecule has 2 saturated carbocycles. The van der Waals surface area contributed by atoms with Crippen LogP contribution >= 0.6 is 0 Å². The van der Waals surface area contributed by atoms with Gasteiger partial charge in [0.25, 0.3) is 0 Å². The molecule has 0 heterocycles. The normalized spacial score (nSPS) is 53.5. The highest BCUT2D eigenvalue weighted by Gasteiger charge is 2.63. The van der Waals surface area contributed by atoms with Crippen molar-refractivity contribution >= 4 is 0 Å². The van der Waals surface area contributed by atoms with Crippen molar-refractivity contribution in [3.05, 3.63) is 0 Å². The second-order valence-corrected chi connectivity index (χ2v) is 5.78. The van der Waals surface area contributed by atoms with E-state index in [0.717, 1.165) is 0 Å². The third-order valence-electron chi connectivity index (χ3n) is 5.30. The summed E-state index contributed by atoms with van der Waals surface area (Å²) in [6.07, 6.45) is 5.86. The van der Waals surface area contributed by atoms with E-state index >= 15 is 0 Å². The van der Waals surface area contributed by atoms with Gasteiger partial charge in [-0.1, -0.05) is 27.7 Å². The van der Waals surface area contributed by atoms with Gasteiger partial charge >= 0.3 is 0 Å². The molecule has 0 aromatic heterocycles. The molecule has 2 aliphatic carbocycles. The monoisotopic (exact) mass is 152 g/mol. The van der Waals surface area contributed by atoms with Gasteiger partial charge < -0.3 is 0 Å². The standard InChI is InChI=1S/C11H20/c1-9(2)5-6-10(3)7-8-11(9,10)4/h5-8H2,1-4H3. The van der Waals surface area contributed by atoms with Crippen LogP contribution in [0.4, 0.5) is 0 Å². The molecule has 0 aromatic rings. The van der Waals surface area contributed by atoms with E-state index in [1.165, 1.54) is 25.7 Å². The molecular weight excluding hydrogens is 132 g/mol. The number of hydrogen-bond donors (Lipinski definition) is 0. The van der Waals surface area contributed by atoms with Gasteiger partial charge in [-0.3, -0.25) is 0 Å². The van der Waals surface area contributed by atoms with Gasteiger partial charge in [0.2, 0.25) is 0 Å². The third kappa shape index (κ3) is 0.625. The predicted molar refractivity (Wildman–Crippen MR) is 48.5 cm³/mol. The molecule has 0 saturated heterocycles. The predicted octanol–water partition coefficient (Wildman–Crippen LogP) is 3.61. The van der Waals surface area contributed by atoms with Gasteiger partial charge in [-0.25, -0.2) is 0 Å². The van der Waals surface area contributed by atoms with E-state index in [1.807, 2.05) is 0 Å². The van der Waals surface area contributed by atoms with E-state index in [0.29, 0.717) is 16.2 Å². The van der Waals surface area contributed by atoms with Crippen LogP contribution in [0.1, 0.15) is 53.4 Å². The number of rotatable bonds is 0. The fourth-order valence-corrected chi connectivity index (χ4v) is 3.35. The molecule has 0 heteroatoms. The second-order valence-electron chi connectivity index (χ2n) is 5.78. The summed E-state index contributed by atoms with van der Waals surface area (Å²) < 4.78 is 0. The first-order chi connectivity index (χ1) is 4.91. The van der Waals surface area contributed by atoms with Crippen molar-refractivity contribution < 1.29 is 0 Å². The Bertz CT molecular complexity index is 179. The molecule has 2 aliphatic rings. The van der Waals surface area contributed by atoms with Gasteiger partial charge in [-0.05, 0) is 41.9 Å². The largest absolute Gasteiger partial charge is 0.0594 e. The second kappa shape index (κ2) is 1.67. The Morgan fingerprint density at radius 1 is 0.727 bits per heavy atom. The fourth-order valence-electron chi connectivity index (χ4n) is 3.35. The summed E-state index contributed by atoms with van der Waals surface area (Å²) in [6.45, 7) is 9.91. The van der Waals surface area contributed by atoms with Crippen LogP contribution in [0.3, 0.4) is 0 Å². The van der Waals surface area contributed by atoms with Crippen LogP contribution in [0.25, 0.3) is 0 Å². The van der Waals surface area contributed by atoms with Crippen molar-refractivity contribution in [2.24, 2.45) is 16.2 Å². The van der Waals surface area contributed by atoms with Crippen LogP contribution in [-0.2, 0) is 0 Å². The van der Waals surface area contributed by atoms with E-state index in [9.17, 15) is 0 Å². The fraction of sp³-hybridized carbons (Fsp3) is 1.00. The van der Waals surface area contributed by atoms with Crippen molar-refractivity contribution in [2.45, 2.75) is 53.4 Å². The van der Waals surface area contributed by atoms with Crippen LogP contribution < -0.4 is 0 Å². The maximum absolute atomic E-state index is 2.50. The maximum Gasteiger partial charge on any atom is -0.0220 e. The van der Waals surface area contributed by atoms with Gasteiger partial charge in [0.1, 0.15) is 0 Å².